The highest BCUT2D eigenvalue weighted by molar-refractivity contribution is 5.73. The number of amides is 1. The summed E-state index contributed by atoms with van der Waals surface area (Å²) in [5.41, 5.74) is 6.21. The Hall–Kier alpha value is -2.43. The van der Waals surface area contributed by atoms with Gasteiger partial charge in [-0.15, -0.1) is 0 Å². The minimum Gasteiger partial charge on any atom is -0.375 e. The van der Waals surface area contributed by atoms with Gasteiger partial charge >= 0.3 is 0 Å². The molecule has 1 amide bonds. The van der Waals surface area contributed by atoms with Crippen molar-refractivity contribution in [1.29, 1.82) is 0 Å². The summed E-state index contributed by atoms with van der Waals surface area (Å²) in [5, 5.41) is 13.9. The first-order chi connectivity index (χ1) is 13.6. The zero-order chi connectivity index (χ0) is 19.5. The second-order valence-electron chi connectivity index (χ2n) is 7.87. The molecule has 2 N–H and O–H groups in total. The monoisotopic (exact) mass is 376 g/mol. The SMILES string of the molecule is CC(=O)N1CCC(=C2C[C@@H](Cc3ccc(-c4ccccc4)cc3)NC2O)CC1. The topological polar surface area (TPSA) is 52.6 Å². The van der Waals surface area contributed by atoms with Crippen LogP contribution >= 0.6 is 0 Å². The number of benzene rings is 2. The van der Waals surface area contributed by atoms with Gasteiger partial charge in [-0.1, -0.05) is 60.2 Å². The van der Waals surface area contributed by atoms with Crippen LogP contribution in [0.3, 0.4) is 0 Å². The number of carbonyl (C=O) groups excluding carboxylic acids is 1. The summed E-state index contributed by atoms with van der Waals surface area (Å²) in [6, 6.07) is 19.4. The van der Waals surface area contributed by atoms with Gasteiger partial charge in [0.1, 0.15) is 6.23 Å². The summed E-state index contributed by atoms with van der Waals surface area (Å²) in [4.78, 5) is 13.4. The van der Waals surface area contributed by atoms with E-state index in [0.29, 0.717) is 0 Å². The van der Waals surface area contributed by atoms with Gasteiger partial charge in [-0.2, -0.15) is 0 Å². The fraction of sp³-hybridized carbons (Fsp3) is 0.375. The van der Waals surface area contributed by atoms with Gasteiger partial charge in [-0.25, -0.2) is 0 Å². The van der Waals surface area contributed by atoms with Crippen LogP contribution in [-0.2, 0) is 11.2 Å². The average Bonchev–Trinajstić information content (AvgIpc) is 3.09. The van der Waals surface area contributed by atoms with Crippen LogP contribution in [0.1, 0.15) is 31.7 Å². The van der Waals surface area contributed by atoms with E-state index in [1.807, 2.05) is 11.0 Å². The molecule has 0 radical (unpaired) electrons. The van der Waals surface area contributed by atoms with E-state index < -0.39 is 6.23 Å². The van der Waals surface area contributed by atoms with Crippen LogP contribution in [0.4, 0.5) is 0 Å². The second kappa shape index (κ2) is 8.29. The van der Waals surface area contributed by atoms with Gasteiger partial charge in [0.2, 0.25) is 5.91 Å². The molecule has 0 saturated carbocycles. The van der Waals surface area contributed by atoms with Crippen molar-refractivity contribution in [2.75, 3.05) is 13.1 Å². The Labute approximate surface area is 166 Å². The lowest BCUT2D eigenvalue weighted by Gasteiger charge is -2.29. The molecule has 2 aliphatic rings. The van der Waals surface area contributed by atoms with Crippen molar-refractivity contribution in [2.45, 2.75) is 44.9 Å². The molecule has 2 heterocycles. The lowest BCUT2D eigenvalue weighted by atomic mass is 9.94. The van der Waals surface area contributed by atoms with Crippen LogP contribution in [0.15, 0.2) is 65.7 Å². The normalized spacial score (nSPS) is 22.6. The molecule has 2 aliphatic heterocycles. The third-order valence-corrected chi connectivity index (χ3v) is 6.00. The third kappa shape index (κ3) is 4.18. The van der Waals surface area contributed by atoms with Gasteiger partial charge in [0.15, 0.2) is 0 Å². The summed E-state index contributed by atoms with van der Waals surface area (Å²) < 4.78 is 0. The second-order valence-corrected chi connectivity index (χ2v) is 7.87. The van der Waals surface area contributed by atoms with E-state index in [1.165, 1.54) is 22.3 Å². The molecule has 146 valence electrons. The summed E-state index contributed by atoms with van der Waals surface area (Å²) in [6.07, 6.45) is 3.00. The highest BCUT2D eigenvalue weighted by Gasteiger charge is 2.30. The van der Waals surface area contributed by atoms with Crippen molar-refractivity contribution >= 4 is 5.91 Å². The van der Waals surface area contributed by atoms with Gasteiger partial charge < -0.3 is 10.0 Å². The smallest absolute Gasteiger partial charge is 0.219 e. The van der Waals surface area contributed by atoms with Crippen molar-refractivity contribution in [2.24, 2.45) is 0 Å². The molecule has 0 bridgehead atoms. The molecule has 0 aromatic heterocycles. The summed E-state index contributed by atoms with van der Waals surface area (Å²) in [6.45, 7) is 3.17. The molecular formula is C24H28N2O2. The molecule has 2 fully saturated rings. The molecule has 0 aliphatic carbocycles. The molecule has 4 heteroatoms. The number of carbonyl (C=O) groups is 1. The Kier molecular flexibility index (Phi) is 5.60. The lowest BCUT2D eigenvalue weighted by Crippen LogP contribution is -2.35. The molecule has 1 unspecified atom stereocenters. The van der Waals surface area contributed by atoms with E-state index in [1.54, 1.807) is 6.92 Å². The first-order valence-corrected chi connectivity index (χ1v) is 10.1. The number of rotatable bonds is 3. The maximum absolute atomic E-state index is 11.5. The Morgan fingerprint density at radius 1 is 1.04 bits per heavy atom. The van der Waals surface area contributed by atoms with Crippen LogP contribution in [0, 0.1) is 0 Å². The van der Waals surface area contributed by atoms with E-state index >= 15 is 0 Å². The number of hydrogen-bond acceptors (Lipinski definition) is 3. The predicted molar refractivity (Wildman–Crippen MR) is 112 cm³/mol. The number of aliphatic hydroxyl groups is 1. The van der Waals surface area contributed by atoms with Crippen LogP contribution in [0.25, 0.3) is 11.1 Å². The summed E-state index contributed by atoms with van der Waals surface area (Å²) >= 11 is 0. The molecule has 4 nitrogen and oxygen atoms in total. The van der Waals surface area contributed by atoms with Crippen molar-refractivity contribution in [3.63, 3.8) is 0 Å². The van der Waals surface area contributed by atoms with Crippen LogP contribution in [0.5, 0.6) is 0 Å². The van der Waals surface area contributed by atoms with E-state index in [0.717, 1.165) is 44.3 Å². The molecule has 2 aromatic carbocycles. The number of hydrogen-bond donors (Lipinski definition) is 2. The number of piperidine rings is 1. The van der Waals surface area contributed by atoms with Crippen LogP contribution in [0.2, 0.25) is 0 Å². The molecular weight excluding hydrogens is 348 g/mol. The molecule has 28 heavy (non-hydrogen) atoms. The lowest BCUT2D eigenvalue weighted by molar-refractivity contribution is -0.129. The van der Waals surface area contributed by atoms with Crippen LogP contribution in [-0.4, -0.2) is 41.3 Å². The average molecular weight is 377 g/mol. The molecule has 4 rings (SSSR count). The van der Waals surface area contributed by atoms with Crippen LogP contribution < -0.4 is 5.32 Å². The zero-order valence-electron chi connectivity index (χ0n) is 16.4. The fourth-order valence-corrected chi connectivity index (χ4v) is 4.39. The fourth-order valence-electron chi connectivity index (χ4n) is 4.39. The van der Waals surface area contributed by atoms with E-state index in [9.17, 15) is 9.90 Å². The highest BCUT2D eigenvalue weighted by atomic mass is 16.3. The summed E-state index contributed by atoms with van der Waals surface area (Å²) in [7, 11) is 0. The largest absolute Gasteiger partial charge is 0.375 e. The molecule has 2 saturated heterocycles. The predicted octanol–water partition coefficient (Wildman–Crippen LogP) is 3.52. The standard InChI is InChI=1S/C24H28N2O2/c1-17(27)26-13-11-21(12-14-26)23-16-22(25-24(23)28)15-18-7-9-20(10-8-18)19-5-3-2-4-6-19/h2-10,22,24-25,28H,11-16H2,1H3/t22-,24?/m1/s1. The zero-order valence-corrected chi connectivity index (χ0v) is 16.4. The molecule has 0 spiro atoms. The van der Waals surface area contributed by atoms with Crippen molar-refractivity contribution in [3.05, 3.63) is 71.3 Å². The summed E-state index contributed by atoms with van der Waals surface area (Å²) in [5.74, 6) is 0.144. The van der Waals surface area contributed by atoms with Gasteiger partial charge in [-0.05, 0) is 47.9 Å². The Morgan fingerprint density at radius 2 is 1.68 bits per heavy atom. The third-order valence-electron chi connectivity index (χ3n) is 6.00. The van der Waals surface area contributed by atoms with Gasteiger partial charge in [-0.3, -0.25) is 10.1 Å². The quantitative estimate of drug-likeness (QED) is 0.806. The van der Waals surface area contributed by atoms with E-state index in [4.69, 9.17) is 0 Å². The Balaban J connectivity index is 1.39. The maximum atomic E-state index is 11.5. The maximum Gasteiger partial charge on any atom is 0.219 e. The number of nitrogens with zero attached hydrogens (tertiary/aromatic N) is 1. The minimum absolute atomic E-state index is 0.144. The van der Waals surface area contributed by atoms with Crippen molar-refractivity contribution < 1.29 is 9.90 Å². The Morgan fingerprint density at radius 3 is 2.32 bits per heavy atom. The Bertz CT molecular complexity index is 848. The number of likely N-dealkylation sites (tertiary alicyclic amines) is 1. The molecule has 2 atom stereocenters. The van der Waals surface area contributed by atoms with Gasteiger partial charge in [0.25, 0.3) is 0 Å². The van der Waals surface area contributed by atoms with Crippen molar-refractivity contribution in [3.8, 4) is 11.1 Å². The molecule has 2 aromatic rings. The van der Waals surface area contributed by atoms with E-state index in [-0.39, 0.29) is 11.9 Å². The first-order valence-electron chi connectivity index (χ1n) is 10.1. The number of nitrogens with one attached hydrogen (secondary N) is 1. The number of aliphatic hydroxyl groups excluding tert-OH is 1. The minimum atomic E-state index is -0.549. The van der Waals surface area contributed by atoms with Gasteiger partial charge in [0.05, 0.1) is 0 Å². The first kappa shape index (κ1) is 18.9. The van der Waals surface area contributed by atoms with Gasteiger partial charge in [0, 0.05) is 26.1 Å². The highest BCUT2D eigenvalue weighted by Crippen LogP contribution is 2.30. The van der Waals surface area contributed by atoms with Crippen molar-refractivity contribution in [1.82, 2.24) is 10.2 Å². The van der Waals surface area contributed by atoms with E-state index in [2.05, 4.69) is 53.8 Å².